The standard InChI is InChI=1S/C14H26N2O4/c1-5-6-15-13(18)11-9-19-8-7-16(11)12(17)10-20-14(2,3)4/h11H,5-10H2,1-4H3,(H,15,18). The van der Waals surface area contributed by atoms with Gasteiger partial charge in [0.05, 0.1) is 18.8 Å². The van der Waals surface area contributed by atoms with E-state index in [0.717, 1.165) is 6.42 Å². The van der Waals surface area contributed by atoms with Crippen LogP contribution in [0.3, 0.4) is 0 Å². The second-order valence-corrected chi connectivity index (χ2v) is 5.87. The molecule has 2 amide bonds. The zero-order valence-electron chi connectivity index (χ0n) is 12.9. The van der Waals surface area contributed by atoms with Gasteiger partial charge in [0.25, 0.3) is 0 Å². The van der Waals surface area contributed by atoms with Gasteiger partial charge < -0.3 is 19.7 Å². The maximum atomic E-state index is 12.2. The summed E-state index contributed by atoms with van der Waals surface area (Å²) in [5.41, 5.74) is -0.373. The molecule has 1 rings (SSSR count). The Morgan fingerprint density at radius 2 is 2.10 bits per heavy atom. The quantitative estimate of drug-likeness (QED) is 0.801. The van der Waals surface area contributed by atoms with Crippen molar-refractivity contribution in [3.05, 3.63) is 0 Å². The minimum absolute atomic E-state index is 0.0128. The van der Waals surface area contributed by atoms with E-state index in [2.05, 4.69) is 5.32 Å². The summed E-state index contributed by atoms with van der Waals surface area (Å²) in [5.74, 6) is -0.324. The topological polar surface area (TPSA) is 67.9 Å². The molecule has 0 radical (unpaired) electrons. The molecular formula is C14H26N2O4. The Kier molecular flexibility index (Phi) is 6.42. The molecule has 1 saturated heterocycles. The van der Waals surface area contributed by atoms with Crippen molar-refractivity contribution in [3.63, 3.8) is 0 Å². The molecule has 20 heavy (non-hydrogen) atoms. The zero-order chi connectivity index (χ0) is 15.2. The first-order chi connectivity index (χ1) is 9.35. The van der Waals surface area contributed by atoms with Crippen LogP contribution >= 0.6 is 0 Å². The van der Waals surface area contributed by atoms with E-state index in [1.54, 1.807) is 4.90 Å². The van der Waals surface area contributed by atoms with Gasteiger partial charge in [-0.15, -0.1) is 0 Å². The molecule has 0 saturated carbocycles. The van der Waals surface area contributed by atoms with Crippen LogP contribution in [0.4, 0.5) is 0 Å². The fourth-order valence-corrected chi connectivity index (χ4v) is 1.85. The van der Waals surface area contributed by atoms with E-state index in [4.69, 9.17) is 9.47 Å². The summed E-state index contributed by atoms with van der Waals surface area (Å²) in [6.07, 6.45) is 0.862. The lowest BCUT2D eigenvalue weighted by molar-refractivity contribution is -0.155. The summed E-state index contributed by atoms with van der Waals surface area (Å²) in [5, 5.41) is 2.81. The van der Waals surface area contributed by atoms with E-state index in [-0.39, 0.29) is 30.6 Å². The van der Waals surface area contributed by atoms with Crippen molar-refractivity contribution < 1.29 is 19.1 Å². The number of amides is 2. The highest BCUT2D eigenvalue weighted by Gasteiger charge is 2.33. The number of morpholine rings is 1. The fourth-order valence-electron chi connectivity index (χ4n) is 1.85. The van der Waals surface area contributed by atoms with E-state index in [1.807, 2.05) is 27.7 Å². The number of carbonyl (C=O) groups excluding carboxylic acids is 2. The van der Waals surface area contributed by atoms with Gasteiger partial charge in [-0.3, -0.25) is 9.59 Å². The average molecular weight is 286 g/mol. The molecule has 1 fully saturated rings. The molecule has 1 aliphatic heterocycles. The number of rotatable bonds is 5. The number of hydrogen-bond acceptors (Lipinski definition) is 4. The van der Waals surface area contributed by atoms with Crippen molar-refractivity contribution >= 4 is 11.8 Å². The number of nitrogens with zero attached hydrogens (tertiary/aromatic N) is 1. The Labute approximate surface area is 120 Å². The van der Waals surface area contributed by atoms with Crippen molar-refractivity contribution in [2.45, 2.75) is 45.8 Å². The number of carbonyl (C=O) groups is 2. The van der Waals surface area contributed by atoms with Gasteiger partial charge in [0.2, 0.25) is 11.8 Å². The first-order valence-electron chi connectivity index (χ1n) is 7.14. The Balaban J connectivity index is 2.59. The van der Waals surface area contributed by atoms with Gasteiger partial charge in [0.1, 0.15) is 12.6 Å². The van der Waals surface area contributed by atoms with Gasteiger partial charge in [0.15, 0.2) is 0 Å². The Bertz CT molecular complexity index is 339. The molecule has 1 atom stereocenters. The van der Waals surface area contributed by atoms with E-state index < -0.39 is 6.04 Å². The molecule has 0 aromatic heterocycles. The third kappa shape index (κ3) is 5.46. The first kappa shape index (κ1) is 16.9. The van der Waals surface area contributed by atoms with Gasteiger partial charge in [-0.25, -0.2) is 0 Å². The smallest absolute Gasteiger partial charge is 0.249 e. The molecule has 1 heterocycles. The third-order valence-corrected chi connectivity index (χ3v) is 2.93. The highest BCUT2D eigenvalue weighted by Crippen LogP contribution is 2.11. The highest BCUT2D eigenvalue weighted by molar-refractivity contribution is 5.88. The molecule has 1 aliphatic rings. The van der Waals surface area contributed by atoms with Crippen LogP contribution < -0.4 is 5.32 Å². The monoisotopic (exact) mass is 286 g/mol. The zero-order valence-corrected chi connectivity index (χ0v) is 12.9. The number of nitrogens with one attached hydrogen (secondary N) is 1. The van der Waals surface area contributed by atoms with Gasteiger partial charge in [0, 0.05) is 13.1 Å². The molecular weight excluding hydrogens is 260 g/mol. The predicted molar refractivity (Wildman–Crippen MR) is 75.3 cm³/mol. The van der Waals surface area contributed by atoms with Crippen molar-refractivity contribution in [2.75, 3.05) is 32.9 Å². The first-order valence-corrected chi connectivity index (χ1v) is 7.14. The SMILES string of the molecule is CCCNC(=O)C1COCCN1C(=O)COC(C)(C)C. The second-order valence-electron chi connectivity index (χ2n) is 5.87. The fraction of sp³-hybridized carbons (Fsp3) is 0.857. The second kappa shape index (κ2) is 7.59. The molecule has 116 valence electrons. The lowest BCUT2D eigenvalue weighted by atomic mass is 10.2. The minimum Gasteiger partial charge on any atom is -0.377 e. The summed E-state index contributed by atoms with van der Waals surface area (Å²) in [7, 11) is 0. The lowest BCUT2D eigenvalue weighted by Crippen LogP contribution is -2.57. The molecule has 6 nitrogen and oxygen atoms in total. The normalized spacial score (nSPS) is 19.8. The Hall–Kier alpha value is -1.14. The Morgan fingerprint density at radius 3 is 2.70 bits per heavy atom. The largest absolute Gasteiger partial charge is 0.377 e. The predicted octanol–water partition coefficient (Wildman–Crippen LogP) is 0.555. The third-order valence-electron chi connectivity index (χ3n) is 2.93. The van der Waals surface area contributed by atoms with Crippen molar-refractivity contribution in [3.8, 4) is 0 Å². The Morgan fingerprint density at radius 1 is 1.40 bits per heavy atom. The van der Waals surface area contributed by atoms with Gasteiger partial charge >= 0.3 is 0 Å². The van der Waals surface area contributed by atoms with Gasteiger partial charge in [-0.05, 0) is 27.2 Å². The molecule has 0 aliphatic carbocycles. The molecule has 6 heteroatoms. The van der Waals surface area contributed by atoms with E-state index in [0.29, 0.717) is 19.7 Å². The molecule has 0 bridgehead atoms. The molecule has 0 spiro atoms. The maximum Gasteiger partial charge on any atom is 0.249 e. The molecule has 1 N–H and O–H groups in total. The summed E-state index contributed by atoms with van der Waals surface area (Å²) >= 11 is 0. The summed E-state index contributed by atoms with van der Waals surface area (Å²) < 4.78 is 10.8. The summed E-state index contributed by atoms with van der Waals surface area (Å²) in [4.78, 5) is 25.8. The van der Waals surface area contributed by atoms with Crippen LogP contribution in [-0.4, -0.2) is 61.3 Å². The van der Waals surface area contributed by atoms with Crippen LogP contribution in [-0.2, 0) is 19.1 Å². The summed E-state index contributed by atoms with van der Waals surface area (Å²) in [6.45, 7) is 9.39. The van der Waals surface area contributed by atoms with Crippen LogP contribution in [0.2, 0.25) is 0 Å². The van der Waals surface area contributed by atoms with Gasteiger partial charge in [-0.1, -0.05) is 6.92 Å². The van der Waals surface area contributed by atoms with Crippen LogP contribution in [0.25, 0.3) is 0 Å². The molecule has 1 unspecified atom stereocenters. The minimum atomic E-state index is -0.550. The van der Waals surface area contributed by atoms with Crippen LogP contribution in [0.1, 0.15) is 34.1 Å². The number of ether oxygens (including phenoxy) is 2. The van der Waals surface area contributed by atoms with Crippen LogP contribution in [0.5, 0.6) is 0 Å². The van der Waals surface area contributed by atoms with Gasteiger partial charge in [-0.2, -0.15) is 0 Å². The van der Waals surface area contributed by atoms with E-state index >= 15 is 0 Å². The number of hydrogen-bond donors (Lipinski definition) is 1. The molecule has 0 aromatic carbocycles. The van der Waals surface area contributed by atoms with Crippen LogP contribution in [0, 0.1) is 0 Å². The maximum absolute atomic E-state index is 12.2. The van der Waals surface area contributed by atoms with Crippen LogP contribution in [0.15, 0.2) is 0 Å². The average Bonchev–Trinajstić information content (AvgIpc) is 2.41. The van der Waals surface area contributed by atoms with E-state index in [9.17, 15) is 9.59 Å². The summed E-state index contributed by atoms with van der Waals surface area (Å²) in [6, 6.07) is -0.550. The van der Waals surface area contributed by atoms with Crippen molar-refractivity contribution in [1.29, 1.82) is 0 Å². The van der Waals surface area contributed by atoms with Crippen molar-refractivity contribution in [2.24, 2.45) is 0 Å². The van der Waals surface area contributed by atoms with Crippen molar-refractivity contribution in [1.82, 2.24) is 10.2 Å². The highest BCUT2D eigenvalue weighted by atomic mass is 16.5. The molecule has 0 aromatic rings. The van der Waals surface area contributed by atoms with E-state index in [1.165, 1.54) is 0 Å². The lowest BCUT2D eigenvalue weighted by Gasteiger charge is -2.35.